The Hall–Kier alpha value is -1.36. The summed E-state index contributed by atoms with van der Waals surface area (Å²) in [6, 6.07) is 0. The Bertz CT molecular complexity index is 366. The topological polar surface area (TPSA) is 86.6 Å². The molecule has 0 radical (unpaired) electrons. The van der Waals surface area contributed by atoms with Crippen molar-refractivity contribution in [3.05, 3.63) is 12.2 Å². The molecule has 0 bridgehead atoms. The highest BCUT2D eigenvalue weighted by Crippen LogP contribution is 2.27. The highest BCUT2D eigenvalue weighted by molar-refractivity contribution is 5.85. The Morgan fingerprint density at radius 2 is 1.89 bits per heavy atom. The highest BCUT2D eigenvalue weighted by atomic mass is 16.4. The van der Waals surface area contributed by atoms with Crippen LogP contribution in [0, 0.1) is 11.8 Å². The van der Waals surface area contributed by atoms with Gasteiger partial charge in [-0.25, -0.2) is 0 Å². The van der Waals surface area contributed by atoms with Gasteiger partial charge in [0.1, 0.15) is 0 Å². The van der Waals surface area contributed by atoms with E-state index in [1.807, 2.05) is 26.0 Å². The van der Waals surface area contributed by atoms with Crippen molar-refractivity contribution < 1.29 is 19.8 Å². The lowest BCUT2D eigenvalue weighted by molar-refractivity contribution is -0.147. The third-order valence-electron chi connectivity index (χ3n) is 3.96. The molecule has 1 aliphatic carbocycles. The van der Waals surface area contributed by atoms with Crippen molar-refractivity contribution in [2.24, 2.45) is 11.8 Å². The van der Waals surface area contributed by atoms with Crippen LogP contribution in [0.15, 0.2) is 12.2 Å². The van der Waals surface area contributed by atoms with Gasteiger partial charge in [-0.2, -0.15) is 0 Å². The van der Waals surface area contributed by atoms with Crippen molar-refractivity contribution >= 4 is 11.9 Å². The van der Waals surface area contributed by atoms with Gasteiger partial charge in [0.05, 0.1) is 11.8 Å². The van der Waals surface area contributed by atoms with Gasteiger partial charge in [0, 0.05) is 12.1 Å². The molecule has 19 heavy (non-hydrogen) atoms. The second-order valence-corrected chi connectivity index (χ2v) is 5.37. The number of carboxylic acids is 1. The summed E-state index contributed by atoms with van der Waals surface area (Å²) in [5, 5.41) is 21.1. The molecule has 5 nitrogen and oxygen atoms in total. The third-order valence-corrected chi connectivity index (χ3v) is 3.96. The molecular formula is C14H23NO4. The van der Waals surface area contributed by atoms with Crippen molar-refractivity contribution in [3.8, 4) is 0 Å². The van der Waals surface area contributed by atoms with Gasteiger partial charge in [0.25, 0.3) is 0 Å². The fraction of sp³-hybridized carbons (Fsp3) is 0.714. The molecule has 0 aliphatic heterocycles. The first-order valence-corrected chi connectivity index (χ1v) is 6.74. The summed E-state index contributed by atoms with van der Waals surface area (Å²) >= 11 is 0. The maximum absolute atomic E-state index is 12.3. The van der Waals surface area contributed by atoms with Gasteiger partial charge in [-0.15, -0.1) is 0 Å². The molecule has 3 atom stereocenters. The number of carboxylic acid groups (broad SMARTS) is 1. The van der Waals surface area contributed by atoms with Crippen LogP contribution in [0.1, 0.15) is 39.5 Å². The summed E-state index contributed by atoms with van der Waals surface area (Å²) in [6.45, 7) is 3.80. The van der Waals surface area contributed by atoms with Crippen molar-refractivity contribution in [2.75, 3.05) is 6.61 Å². The molecular weight excluding hydrogens is 246 g/mol. The average Bonchev–Trinajstić information content (AvgIpc) is 2.38. The number of nitrogens with one attached hydrogen (secondary N) is 1. The molecule has 5 heteroatoms. The SMILES string of the molecule is CCC(C)(CCO)NC(=O)C1CC=CCC1C(=O)O. The van der Waals surface area contributed by atoms with E-state index >= 15 is 0 Å². The summed E-state index contributed by atoms with van der Waals surface area (Å²) in [6.07, 6.45) is 5.70. The lowest BCUT2D eigenvalue weighted by Crippen LogP contribution is -2.50. The molecule has 1 aliphatic rings. The highest BCUT2D eigenvalue weighted by Gasteiger charge is 2.36. The summed E-state index contributed by atoms with van der Waals surface area (Å²) in [5.41, 5.74) is -0.476. The number of amides is 1. The molecule has 0 fully saturated rings. The number of aliphatic hydroxyl groups excluding tert-OH is 1. The van der Waals surface area contributed by atoms with Crippen LogP contribution in [0.3, 0.4) is 0 Å². The van der Waals surface area contributed by atoms with Crippen LogP contribution in [0.25, 0.3) is 0 Å². The number of hydrogen-bond acceptors (Lipinski definition) is 3. The second kappa shape index (κ2) is 6.70. The Morgan fingerprint density at radius 1 is 1.32 bits per heavy atom. The van der Waals surface area contributed by atoms with Gasteiger partial charge in [0.2, 0.25) is 5.91 Å². The van der Waals surface area contributed by atoms with Crippen molar-refractivity contribution in [1.29, 1.82) is 0 Å². The molecule has 0 saturated carbocycles. The second-order valence-electron chi connectivity index (χ2n) is 5.37. The van der Waals surface area contributed by atoms with Crippen molar-refractivity contribution in [1.82, 2.24) is 5.32 Å². The largest absolute Gasteiger partial charge is 0.481 e. The van der Waals surface area contributed by atoms with Gasteiger partial charge in [0.15, 0.2) is 0 Å². The molecule has 3 N–H and O–H groups in total. The molecule has 0 aromatic carbocycles. The minimum absolute atomic E-state index is 0.00243. The first-order valence-electron chi connectivity index (χ1n) is 6.74. The molecule has 0 aromatic rings. The van der Waals surface area contributed by atoms with Crippen LogP contribution in [-0.4, -0.2) is 34.2 Å². The van der Waals surface area contributed by atoms with E-state index in [9.17, 15) is 9.59 Å². The zero-order valence-corrected chi connectivity index (χ0v) is 11.6. The van der Waals surface area contributed by atoms with E-state index in [0.29, 0.717) is 25.7 Å². The standard InChI is InChI=1S/C14H23NO4/c1-3-14(2,8-9-16)15-12(17)10-6-4-5-7-11(10)13(18)19/h4-5,10-11,16H,3,6-9H2,1-2H3,(H,15,17)(H,18,19). The van der Waals surface area contributed by atoms with E-state index < -0.39 is 23.3 Å². The van der Waals surface area contributed by atoms with E-state index in [1.165, 1.54) is 0 Å². The molecule has 0 spiro atoms. The lowest BCUT2D eigenvalue weighted by Gasteiger charge is -2.33. The van der Waals surface area contributed by atoms with Crippen molar-refractivity contribution in [2.45, 2.75) is 45.1 Å². The minimum atomic E-state index is -0.926. The Morgan fingerprint density at radius 3 is 2.37 bits per heavy atom. The first kappa shape index (κ1) is 15.7. The van der Waals surface area contributed by atoms with E-state index in [4.69, 9.17) is 10.2 Å². The first-order chi connectivity index (χ1) is 8.93. The Labute approximate surface area is 113 Å². The molecule has 1 amide bonds. The van der Waals surface area contributed by atoms with Crippen LogP contribution in [-0.2, 0) is 9.59 Å². The number of carbonyl (C=O) groups excluding carboxylic acids is 1. The molecule has 3 unspecified atom stereocenters. The number of aliphatic carboxylic acids is 1. The number of aliphatic hydroxyl groups is 1. The maximum Gasteiger partial charge on any atom is 0.307 e. The van der Waals surface area contributed by atoms with Crippen LogP contribution in [0.2, 0.25) is 0 Å². The fourth-order valence-corrected chi connectivity index (χ4v) is 2.34. The molecule has 1 rings (SSSR count). The van der Waals surface area contributed by atoms with E-state index in [-0.39, 0.29) is 12.5 Å². The van der Waals surface area contributed by atoms with Gasteiger partial charge in [-0.3, -0.25) is 9.59 Å². The van der Waals surface area contributed by atoms with Gasteiger partial charge < -0.3 is 15.5 Å². The molecule has 0 heterocycles. The van der Waals surface area contributed by atoms with Gasteiger partial charge in [-0.1, -0.05) is 19.1 Å². The fourth-order valence-electron chi connectivity index (χ4n) is 2.34. The molecule has 0 saturated heterocycles. The summed E-state index contributed by atoms with van der Waals surface area (Å²) in [7, 11) is 0. The van der Waals surface area contributed by atoms with Crippen LogP contribution >= 0.6 is 0 Å². The zero-order valence-electron chi connectivity index (χ0n) is 11.6. The van der Waals surface area contributed by atoms with Crippen molar-refractivity contribution in [3.63, 3.8) is 0 Å². The number of rotatable bonds is 6. The number of allylic oxidation sites excluding steroid dienone is 2. The summed E-state index contributed by atoms with van der Waals surface area (Å²) < 4.78 is 0. The van der Waals surface area contributed by atoms with E-state index in [2.05, 4.69) is 5.32 Å². The predicted molar refractivity (Wildman–Crippen MR) is 71.5 cm³/mol. The van der Waals surface area contributed by atoms with Crippen LogP contribution in [0.4, 0.5) is 0 Å². The summed E-state index contributed by atoms with van der Waals surface area (Å²) in [5.74, 6) is -2.33. The Balaban J connectivity index is 2.75. The zero-order chi connectivity index (χ0) is 14.5. The normalized spacial score (nSPS) is 25.6. The van der Waals surface area contributed by atoms with E-state index in [1.54, 1.807) is 0 Å². The summed E-state index contributed by atoms with van der Waals surface area (Å²) in [4.78, 5) is 23.4. The quantitative estimate of drug-likeness (QED) is 0.635. The van der Waals surface area contributed by atoms with Crippen LogP contribution in [0.5, 0.6) is 0 Å². The molecule has 0 aromatic heterocycles. The third kappa shape index (κ3) is 4.06. The minimum Gasteiger partial charge on any atom is -0.481 e. The van der Waals surface area contributed by atoms with Gasteiger partial charge in [-0.05, 0) is 32.6 Å². The van der Waals surface area contributed by atoms with E-state index in [0.717, 1.165) is 0 Å². The average molecular weight is 269 g/mol. The lowest BCUT2D eigenvalue weighted by atomic mass is 9.81. The number of carbonyl (C=O) groups is 2. The number of hydrogen-bond donors (Lipinski definition) is 3. The monoisotopic (exact) mass is 269 g/mol. The van der Waals surface area contributed by atoms with Crippen LogP contribution < -0.4 is 5.32 Å². The van der Waals surface area contributed by atoms with Gasteiger partial charge >= 0.3 is 5.97 Å². The Kier molecular flexibility index (Phi) is 5.54. The predicted octanol–water partition coefficient (Wildman–Crippen LogP) is 1.32. The smallest absolute Gasteiger partial charge is 0.307 e. The molecule has 108 valence electrons. The maximum atomic E-state index is 12.3.